The van der Waals surface area contributed by atoms with Crippen molar-refractivity contribution >= 4 is 43.5 Å². The van der Waals surface area contributed by atoms with Gasteiger partial charge in [0.2, 0.25) is 0 Å². The molecule has 0 aliphatic heterocycles. The van der Waals surface area contributed by atoms with Gasteiger partial charge in [-0.1, -0.05) is 61.2 Å². The van der Waals surface area contributed by atoms with Gasteiger partial charge in [-0.3, -0.25) is 0 Å². The first-order valence-electron chi connectivity index (χ1n) is 5.38. The van der Waals surface area contributed by atoms with Crippen molar-refractivity contribution in [1.82, 2.24) is 0 Å². The maximum Gasteiger partial charge on any atom is 0.146 e. The highest BCUT2D eigenvalue weighted by molar-refractivity contribution is 9.10. The molecule has 0 radical (unpaired) electrons. The van der Waals surface area contributed by atoms with Crippen molar-refractivity contribution < 1.29 is 4.74 Å². The largest absolute Gasteiger partial charge is 0.455 e. The van der Waals surface area contributed by atoms with E-state index in [9.17, 15) is 0 Å². The number of rotatable bonds is 3. The van der Waals surface area contributed by atoms with Crippen LogP contribution >= 0.6 is 43.5 Å². The Balaban J connectivity index is 2.33. The third-order valence-corrected chi connectivity index (χ3v) is 3.87. The number of ether oxygens (including phenoxy) is 1. The van der Waals surface area contributed by atoms with Crippen molar-refractivity contribution in [3.8, 4) is 11.5 Å². The summed E-state index contributed by atoms with van der Waals surface area (Å²) in [5, 5.41) is 1.34. The second-order valence-electron chi connectivity index (χ2n) is 3.92. The molecule has 2 aromatic rings. The summed E-state index contributed by atoms with van der Waals surface area (Å²) in [6, 6.07) is 11.7. The topological polar surface area (TPSA) is 9.23 Å². The Bertz CT molecular complexity index is 570. The minimum Gasteiger partial charge on any atom is -0.455 e. The highest BCUT2D eigenvalue weighted by Crippen LogP contribution is 2.34. The van der Waals surface area contributed by atoms with Crippen molar-refractivity contribution in [3.05, 3.63) is 57.0 Å². The second kappa shape index (κ2) is 6.09. The van der Waals surface area contributed by atoms with Gasteiger partial charge >= 0.3 is 0 Å². The third kappa shape index (κ3) is 3.28. The Kier molecular flexibility index (Phi) is 4.71. The van der Waals surface area contributed by atoms with E-state index >= 15 is 0 Å². The monoisotopic (exact) mass is 388 g/mol. The fourth-order valence-corrected chi connectivity index (χ4v) is 2.74. The summed E-state index contributed by atoms with van der Waals surface area (Å²) < 4.78 is 6.79. The van der Waals surface area contributed by atoms with E-state index in [4.69, 9.17) is 16.3 Å². The second-order valence-corrected chi connectivity index (χ2v) is 5.81. The first kappa shape index (κ1) is 13.9. The smallest absolute Gasteiger partial charge is 0.146 e. The van der Waals surface area contributed by atoms with Crippen LogP contribution in [0.3, 0.4) is 0 Å². The number of benzene rings is 2. The highest BCUT2D eigenvalue weighted by atomic mass is 79.9. The summed E-state index contributed by atoms with van der Waals surface area (Å²) in [6.45, 7) is 2.06. The molecule has 18 heavy (non-hydrogen) atoms. The van der Waals surface area contributed by atoms with Gasteiger partial charge < -0.3 is 4.74 Å². The normalized spacial score (nSPS) is 10.4. The van der Waals surface area contributed by atoms with Crippen LogP contribution in [0.2, 0.25) is 5.02 Å². The summed E-state index contributed by atoms with van der Waals surface area (Å²) in [7, 11) is 0. The Morgan fingerprint density at radius 3 is 2.50 bits per heavy atom. The third-order valence-electron chi connectivity index (χ3n) is 2.47. The van der Waals surface area contributed by atoms with Gasteiger partial charge in [0.1, 0.15) is 11.5 Å². The van der Waals surface area contributed by atoms with Crippen LogP contribution in [-0.2, 0) is 5.33 Å². The number of aryl methyl sites for hydroxylation is 1. The molecule has 0 fully saturated rings. The van der Waals surface area contributed by atoms with Gasteiger partial charge in [-0.2, -0.15) is 0 Å². The molecule has 0 saturated heterocycles. The molecule has 0 aromatic heterocycles. The molecule has 0 amide bonds. The van der Waals surface area contributed by atoms with Crippen molar-refractivity contribution in [2.24, 2.45) is 0 Å². The quantitative estimate of drug-likeness (QED) is 0.576. The molecule has 4 heteroatoms. The maximum atomic E-state index is 6.14. The van der Waals surface area contributed by atoms with E-state index in [1.165, 1.54) is 5.56 Å². The molecule has 0 spiro atoms. The minimum absolute atomic E-state index is 0.588. The van der Waals surface area contributed by atoms with E-state index in [0.717, 1.165) is 21.1 Å². The average Bonchev–Trinajstić information content (AvgIpc) is 2.34. The molecule has 0 bridgehead atoms. The molecule has 2 rings (SSSR count). The lowest BCUT2D eigenvalue weighted by Gasteiger charge is -2.11. The predicted octanol–water partition coefficient (Wildman–Crippen LogP) is 6.10. The molecule has 0 aliphatic rings. The summed E-state index contributed by atoms with van der Waals surface area (Å²) >= 11 is 13.0. The zero-order valence-electron chi connectivity index (χ0n) is 9.71. The average molecular weight is 391 g/mol. The van der Waals surface area contributed by atoms with Gasteiger partial charge in [0.25, 0.3) is 0 Å². The lowest BCUT2D eigenvalue weighted by atomic mass is 10.1. The first-order chi connectivity index (χ1) is 8.60. The Morgan fingerprint density at radius 1 is 1.11 bits per heavy atom. The van der Waals surface area contributed by atoms with E-state index in [0.29, 0.717) is 10.8 Å². The molecule has 0 atom stereocenters. The van der Waals surface area contributed by atoms with Gasteiger partial charge in [-0.05, 0) is 31.2 Å². The summed E-state index contributed by atoms with van der Waals surface area (Å²) in [5.74, 6) is 1.48. The molecule has 94 valence electrons. The molecular formula is C14H11Br2ClO. The number of hydrogen-bond acceptors (Lipinski definition) is 1. The number of alkyl halides is 1. The van der Waals surface area contributed by atoms with Crippen LogP contribution in [0.15, 0.2) is 40.9 Å². The zero-order valence-corrected chi connectivity index (χ0v) is 13.6. The molecule has 0 heterocycles. The Morgan fingerprint density at radius 2 is 1.83 bits per heavy atom. The molecule has 0 N–H and O–H groups in total. The van der Waals surface area contributed by atoms with Gasteiger partial charge in [-0.25, -0.2) is 0 Å². The van der Waals surface area contributed by atoms with Gasteiger partial charge in [0.15, 0.2) is 0 Å². The number of hydrogen-bond donors (Lipinski definition) is 0. The molecular weight excluding hydrogens is 379 g/mol. The summed E-state index contributed by atoms with van der Waals surface area (Å²) in [5.41, 5.74) is 2.31. The van der Waals surface area contributed by atoms with Gasteiger partial charge in [0, 0.05) is 15.4 Å². The fourth-order valence-electron chi connectivity index (χ4n) is 1.59. The minimum atomic E-state index is 0.588. The van der Waals surface area contributed by atoms with Crippen LogP contribution in [-0.4, -0.2) is 0 Å². The van der Waals surface area contributed by atoms with Crippen molar-refractivity contribution in [1.29, 1.82) is 0 Å². The maximum absolute atomic E-state index is 6.14. The van der Waals surface area contributed by atoms with Crippen molar-refractivity contribution in [3.63, 3.8) is 0 Å². The lowest BCUT2D eigenvalue weighted by Crippen LogP contribution is -1.91. The van der Waals surface area contributed by atoms with Crippen LogP contribution < -0.4 is 4.74 Å². The van der Waals surface area contributed by atoms with E-state index < -0.39 is 0 Å². The van der Waals surface area contributed by atoms with Crippen molar-refractivity contribution in [2.45, 2.75) is 12.3 Å². The Labute approximate surface area is 128 Å². The van der Waals surface area contributed by atoms with Crippen LogP contribution in [0.1, 0.15) is 11.1 Å². The molecule has 2 aromatic carbocycles. The SMILES string of the molecule is Cc1ccc(Oc2ccc(Br)cc2Cl)c(CBr)c1. The van der Waals surface area contributed by atoms with E-state index in [1.807, 2.05) is 30.3 Å². The molecule has 0 aliphatic carbocycles. The molecule has 1 nitrogen and oxygen atoms in total. The van der Waals surface area contributed by atoms with E-state index in [1.54, 1.807) is 0 Å². The summed E-state index contributed by atoms with van der Waals surface area (Å²) in [4.78, 5) is 0. The number of halogens is 3. The predicted molar refractivity (Wildman–Crippen MR) is 83.0 cm³/mol. The highest BCUT2D eigenvalue weighted by Gasteiger charge is 2.07. The molecule has 0 unspecified atom stereocenters. The Hall–Kier alpha value is -0.510. The first-order valence-corrected chi connectivity index (χ1v) is 7.68. The fraction of sp³-hybridized carbons (Fsp3) is 0.143. The van der Waals surface area contributed by atoms with Gasteiger partial charge in [0.05, 0.1) is 5.02 Å². The van der Waals surface area contributed by atoms with Crippen LogP contribution in [0, 0.1) is 6.92 Å². The zero-order chi connectivity index (χ0) is 13.1. The van der Waals surface area contributed by atoms with Crippen molar-refractivity contribution in [2.75, 3.05) is 0 Å². The van der Waals surface area contributed by atoms with Crippen LogP contribution in [0.5, 0.6) is 11.5 Å². The van der Waals surface area contributed by atoms with Gasteiger partial charge in [-0.15, -0.1) is 0 Å². The lowest BCUT2D eigenvalue weighted by molar-refractivity contribution is 0.478. The van der Waals surface area contributed by atoms with Crippen LogP contribution in [0.25, 0.3) is 0 Å². The standard InChI is InChI=1S/C14H11Br2ClO/c1-9-2-4-13(10(6-9)8-15)18-14-5-3-11(16)7-12(14)17/h2-7H,8H2,1H3. The summed E-state index contributed by atoms with van der Waals surface area (Å²) in [6.07, 6.45) is 0. The molecule has 0 saturated carbocycles. The van der Waals surface area contributed by atoms with Crippen LogP contribution in [0.4, 0.5) is 0 Å². The van der Waals surface area contributed by atoms with E-state index in [2.05, 4.69) is 44.8 Å². The van der Waals surface area contributed by atoms with E-state index in [-0.39, 0.29) is 0 Å².